The van der Waals surface area contributed by atoms with Crippen LogP contribution in [0.15, 0.2) is 267 Å². The Morgan fingerprint density at radius 1 is 0.330 bits per heavy atom. The van der Waals surface area contributed by atoms with Crippen molar-refractivity contribution >= 4 is 49.0 Å². The van der Waals surface area contributed by atoms with E-state index in [9.17, 15) is 0 Å². The molecule has 22 heteroatoms. The smallest absolute Gasteiger partial charge is 0.265 e. The van der Waals surface area contributed by atoms with E-state index in [2.05, 4.69) is 33.9 Å². The predicted octanol–water partition coefficient (Wildman–Crippen LogP) is 17.9. The molecule has 3 fully saturated rings. The number of methoxy groups -OCH3 is 1. The van der Waals surface area contributed by atoms with Gasteiger partial charge in [-0.15, -0.1) is 0 Å². The van der Waals surface area contributed by atoms with Crippen molar-refractivity contribution < 1.29 is 80.2 Å². The van der Waals surface area contributed by atoms with Crippen molar-refractivity contribution in [1.29, 1.82) is 5.41 Å². The molecule has 0 radical (unpaired) electrons. The summed E-state index contributed by atoms with van der Waals surface area (Å²) in [6, 6.07) is 86.5. The normalized spacial score (nSPS) is 24.3. The van der Waals surface area contributed by atoms with Crippen molar-refractivity contribution in [1.82, 2.24) is 0 Å². The minimum Gasteiger partial charge on any atom is -0.497 e. The molecule has 0 saturated carbocycles. The predicted molar refractivity (Wildman–Crippen MR) is 432 cm³/mol. The van der Waals surface area contributed by atoms with Crippen LogP contribution in [0.1, 0.15) is 70.8 Å². The fourth-order valence-corrected chi connectivity index (χ4v) is 14.4. The van der Waals surface area contributed by atoms with E-state index in [1.807, 2.05) is 267 Å². The van der Waals surface area contributed by atoms with Gasteiger partial charge in [-0.3, -0.25) is 5.41 Å². The largest absolute Gasteiger partial charge is 0.497 e. The Balaban J connectivity index is 1.01. The second kappa shape index (κ2) is 41.9. The molecule has 3 heterocycles. The van der Waals surface area contributed by atoms with Crippen LogP contribution in [0, 0.1) is 5.41 Å². The van der Waals surface area contributed by atoms with Crippen molar-refractivity contribution in [2.45, 2.75) is 194 Å². The first-order valence-corrected chi connectivity index (χ1v) is 42.1. The third-order valence-corrected chi connectivity index (χ3v) is 25.4. The fourth-order valence-electron chi connectivity index (χ4n) is 13.2. The van der Waals surface area contributed by atoms with Gasteiger partial charge >= 0.3 is 0 Å². The number of hydrogen-bond acceptors (Lipinski definition) is 18. The summed E-state index contributed by atoms with van der Waals surface area (Å²) in [6.45, 7) is 11.8. The molecular weight excluding hydrogens is 1500 g/mol. The van der Waals surface area contributed by atoms with Gasteiger partial charge in [-0.1, -0.05) is 310 Å². The summed E-state index contributed by atoms with van der Waals surface area (Å²) in [6.07, 6.45) is -16.7. The van der Waals surface area contributed by atoms with E-state index in [1.54, 1.807) is 7.11 Å². The summed E-state index contributed by atoms with van der Waals surface area (Å²) < 4.78 is 119. The van der Waals surface area contributed by atoms with Gasteiger partial charge in [0.25, 0.3) is 3.79 Å². The van der Waals surface area contributed by atoms with E-state index >= 15 is 0 Å². The van der Waals surface area contributed by atoms with Gasteiger partial charge in [0.1, 0.15) is 79.0 Å². The summed E-state index contributed by atoms with van der Waals surface area (Å²) in [5.41, 5.74) is 7.91. The lowest BCUT2D eigenvalue weighted by atomic mass is 9.95. The zero-order valence-corrected chi connectivity index (χ0v) is 67.4. The van der Waals surface area contributed by atoms with Crippen molar-refractivity contribution in [2.24, 2.45) is 0 Å². The molecule has 18 nitrogen and oxygen atoms in total. The monoisotopic (exact) mass is 1600 g/mol. The number of rotatable bonds is 38. The second-order valence-corrected chi connectivity index (χ2v) is 36.6. The van der Waals surface area contributed by atoms with Crippen LogP contribution in [-0.4, -0.2) is 137 Å². The highest BCUT2D eigenvalue weighted by molar-refractivity contribution is 6.76. The molecule has 3 aliphatic rings. The van der Waals surface area contributed by atoms with Crippen LogP contribution >= 0.6 is 34.8 Å². The minimum absolute atomic E-state index is 0.0118. The first-order chi connectivity index (χ1) is 54.4. The van der Waals surface area contributed by atoms with Gasteiger partial charge in [0.2, 0.25) is 12.2 Å². The lowest BCUT2D eigenvalue weighted by Crippen LogP contribution is -2.67. The Morgan fingerprint density at radius 2 is 0.616 bits per heavy atom. The number of ether oxygens (including phenoxy) is 16. The number of hydrogen-bond donors (Lipinski definition) is 1. The van der Waals surface area contributed by atoms with E-state index in [0.29, 0.717) is 5.75 Å². The van der Waals surface area contributed by atoms with E-state index < -0.39 is 110 Å². The number of alkyl halides is 3. The van der Waals surface area contributed by atoms with Gasteiger partial charge in [-0.25, -0.2) is 0 Å². The molecule has 0 aliphatic carbocycles. The van der Waals surface area contributed by atoms with Crippen LogP contribution in [0.4, 0.5) is 0 Å². The van der Waals surface area contributed by atoms with Gasteiger partial charge < -0.3 is 80.2 Å². The fraction of sp³-hybridized carbons (Fsp3) is 0.389. The van der Waals surface area contributed by atoms with Gasteiger partial charge in [0.15, 0.2) is 20.9 Å². The summed E-state index contributed by atoms with van der Waals surface area (Å²) in [7, 11) is -0.948. The van der Waals surface area contributed by atoms with Crippen LogP contribution in [0.2, 0.25) is 18.1 Å². The summed E-state index contributed by atoms with van der Waals surface area (Å²) in [4.78, 5) is 0. The van der Waals surface area contributed by atoms with E-state index in [1.165, 1.54) is 0 Å². The number of benzene rings is 9. The SMILES string of the molecule is COc1ccc(CO[C@@H]2[C@@H](OC(=N)C(Cl)(Cl)Cl)O[C@H](CO[C@H]3O[C@H](COCc4ccccc4)[C@@H](OCc4ccccc4)[C@H](OCc4ccccc4)[C@@H]3O[C@H]3O[C@H](CO[Si](C)(C)C(C)(C)C)[C@@H](OCc4ccccc4)[C@H](OCc4ccccc4)[C@@H]3OCc3ccccc3)[C@@H](OCc3ccccc3)[C@@H]2OCc2ccccc2)cc1. The molecule has 112 heavy (non-hydrogen) atoms. The maximum atomic E-state index is 9.16. The van der Waals surface area contributed by atoms with Crippen LogP contribution in [0.25, 0.3) is 0 Å². The van der Waals surface area contributed by atoms with Crippen LogP contribution in [-0.2, 0) is 135 Å². The topological polar surface area (TPSA) is 181 Å². The first-order valence-electron chi connectivity index (χ1n) is 38.1. The minimum atomic E-state index is -2.55. The number of halogens is 3. The Bertz CT molecular complexity index is 4170. The molecule has 0 aromatic heterocycles. The molecule has 3 aliphatic heterocycles. The molecule has 594 valence electrons. The van der Waals surface area contributed by atoms with Crippen molar-refractivity contribution in [3.63, 3.8) is 0 Å². The molecule has 3 saturated heterocycles. The third-order valence-electron chi connectivity index (χ3n) is 20.4. The molecule has 0 spiro atoms. The Morgan fingerprint density at radius 3 is 0.964 bits per heavy atom. The van der Waals surface area contributed by atoms with Crippen molar-refractivity contribution in [3.8, 4) is 5.75 Å². The van der Waals surface area contributed by atoms with Crippen LogP contribution < -0.4 is 4.74 Å². The van der Waals surface area contributed by atoms with Gasteiger partial charge in [-0.05, 0) is 80.3 Å². The second-order valence-electron chi connectivity index (χ2n) is 29.5. The highest BCUT2D eigenvalue weighted by atomic mass is 35.6. The molecular formula is C90H102Cl3NO17Si. The molecule has 9 aromatic carbocycles. The average molecular weight is 1600 g/mol. The molecule has 1 N–H and O–H groups in total. The Labute approximate surface area is 674 Å². The van der Waals surface area contributed by atoms with Crippen molar-refractivity contribution in [2.75, 3.05) is 26.9 Å². The highest BCUT2D eigenvalue weighted by Gasteiger charge is 2.57. The first kappa shape index (κ1) is 84.1. The zero-order valence-electron chi connectivity index (χ0n) is 64.1. The maximum absolute atomic E-state index is 9.16. The number of nitrogens with one attached hydrogen (secondary N) is 1. The van der Waals surface area contributed by atoms with Gasteiger partial charge in [-0.2, -0.15) is 0 Å². The lowest BCUT2D eigenvalue weighted by Gasteiger charge is -2.51. The van der Waals surface area contributed by atoms with E-state index in [0.717, 1.165) is 50.1 Å². The molecule has 12 rings (SSSR count). The summed E-state index contributed by atoms with van der Waals surface area (Å²) in [5.74, 6) is -0.0853. The average Bonchev–Trinajstić information content (AvgIpc) is 0.765. The van der Waals surface area contributed by atoms with E-state index in [-0.39, 0.29) is 84.3 Å². The van der Waals surface area contributed by atoms with Crippen LogP contribution in [0.3, 0.4) is 0 Å². The molecule has 9 aromatic rings. The quantitative estimate of drug-likeness (QED) is 0.0167. The maximum Gasteiger partial charge on any atom is 0.265 e. The van der Waals surface area contributed by atoms with E-state index in [4.69, 9.17) is 120 Å². The standard InChI is InChI=1S/C90H102Cl3NO17Si/c1-89(2,3)112(5,6)106-62-75-78(99-54-66-37-21-10-22-38-66)80(101-56-68-41-25-12-26-42-68)82(103-58-70-45-29-14-30-46-70)86(109-75)110-84-81(102-57-69-43-27-13-28-44-69)76(97-52-64-33-17-8-18-34-64)73(60-96-51-63-31-15-7-16-32-63)107-85(84)105-61-74-77(98-53-65-35-19-9-20-36-65)79(100-55-67-39-23-11-24-40-67)83(87(108-74)111-88(94)90(91,92)93)104-59-71-47-49-72(95-4)50-48-71/h7-50,73-87,94H,51-62H2,1-6H3/t73-,74-,75-,76-,77-,78-,79+,80+,81+,82+,83+,84+,85+,86-,87-/m1/s1. The highest BCUT2D eigenvalue weighted by Crippen LogP contribution is 2.42. The molecule has 0 bridgehead atoms. The molecule has 15 atom stereocenters. The molecule has 0 amide bonds. The van der Waals surface area contributed by atoms with Gasteiger partial charge in [0, 0.05) is 0 Å². The molecule has 0 unspecified atom stereocenters. The Hall–Kier alpha value is -7.26. The lowest BCUT2D eigenvalue weighted by molar-refractivity contribution is -0.387. The summed E-state index contributed by atoms with van der Waals surface area (Å²) in [5, 5.41) is 8.96. The third kappa shape index (κ3) is 24.4. The van der Waals surface area contributed by atoms with Crippen molar-refractivity contribution in [3.05, 3.63) is 317 Å². The summed E-state index contributed by atoms with van der Waals surface area (Å²) >= 11 is 19.6. The van der Waals surface area contributed by atoms with Gasteiger partial charge in [0.05, 0.1) is 86.4 Å². The zero-order chi connectivity index (χ0) is 78.1. The van der Waals surface area contributed by atoms with Crippen LogP contribution in [0.5, 0.6) is 5.75 Å². The Kier molecular flexibility index (Phi) is 31.4.